The Kier molecular flexibility index (Phi) is 3.97. The van der Waals surface area contributed by atoms with E-state index in [1.165, 1.54) is 0 Å². The summed E-state index contributed by atoms with van der Waals surface area (Å²) < 4.78 is 5.84. The molecule has 1 fully saturated rings. The first-order chi connectivity index (χ1) is 9.88. The Morgan fingerprint density at radius 2 is 2.30 bits per heavy atom. The van der Waals surface area contributed by atoms with Crippen molar-refractivity contribution in [2.75, 3.05) is 24.6 Å². The second-order valence-electron chi connectivity index (χ2n) is 5.02. The van der Waals surface area contributed by atoms with Crippen LogP contribution < -0.4 is 4.90 Å². The van der Waals surface area contributed by atoms with Crippen molar-refractivity contribution in [3.63, 3.8) is 0 Å². The molecular weight excluding hydrogens is 252 g/mol. The fraction of sp³-hybridized carbons (Fsp3) is 0.467. The Hall–Kier alpha value is -1.88. The number of hydrogen-bond acceptors (Lipinski definition) is 4. The molecule has 3 heterocycles. The van der Waals surface area contributed by atoms with Crippen LogP contribution in [0.4, 0.5) is 5.82 Å². The number of aromatic amines is 1. The number of aromatic nitrogens is 3. The van der Waals surface area contributed by atoms with Gasteiger partial charge in [-0.2, -0.15) is 5.10 Å². The number of rotatable bonds is 3. The average molecular weight is 272 g/mol. The Morgan fingerprint density at radius 3 is 3.10 bits per heavy atom. The molecule has 0 aliphatic carbocycles. The zero-order valence-corrected chi connectivity index (χ0v) is 11.7. The fourth-order valence-electron chi connectivity index (χ4n) is 2.62. The Morgan fingerprint density at radius 1 is 1.35 bits per heavy atom. The molecule has 2 aromatic heterocycles. The van der Waals surface area contributed by atoms with Gasteiger partial charge in [0, 0.05) is 31.0 Å². The normalized spacial score (nSPS) is 19.9. The molecule has 1 N–H and O–H groups in total. The van der Waals surface area contributed by atoms with Crippen molar-refractivity contribution in [2.24, 2.45) is 0 Å². The molecule has 3 rings (SSSR count). The third-order valence-corrected chi connectivity index (χ3v) is 3.77. The molecule has 0 amide bonds. The monoisotopic (exact) mass is 272 g/mol. The van der Waals surface area contributed by atoms with Crippen LogP contribution in [0.1, 0.15) is 19.8 Å². The molecule has 1 unspecified atom stereocenters. The van der Waals surface area contributed by atoms with Gasteiger partial charge in [-0.3, -0.25) is 5.10 Å². The summed E-state index contributed by atoms with van der Waals surface area (Å²) in [5, 5.41) is 7.05. The van der Waals surface area contributed by atoms with Crippen molar-refractivity contribution < 1.29 is 4.74 Å². The smallest absolute Gasteiger partial charge is 0.138 e. The average Bonchev–Trinajstić information content (AvgIpc) is 2.92. The van der Waals surface area contributed by atoms with Crippen molar-refractivity contribution in [1.82, 2.24) is 15.2 Å². The first-order valence-corrected chi connectivity index (χ1v) is 7.20. The SMILES string of the molecule is CCC1CCN(c2ncccc2-c2ccn[nH]2)CCO1. The van der Waals surface area contributed by atoms with Crippen LogP contribution in [0.2, 0.25) is 0 Å². The summed E-state index contributed by atoms with van der Waals surface area (Å²) in [4.78, 5) is 6.88. The van der Waals surface area contributed by atoms with Gasteiger partial charge in [-0.1, -0.05) is 6.92 Å². The maximum absolute atomic E-state index is 5.84. The quantitative estimate of drug-likeness (QED) is 0.932. The van der Waals surface area contributed by atoms with E-state index in [9.17, 15) is 0 Å². The van der Waals surface area contributed by atoms with Gasteiger partial charge in [0.2, 0.25) is 0 Å². The second kappa shape index (κ2) is 6.05. The van der Waals surface area contributed by atoms with E-state index in [0.717, 1.165) is 49.6 Å². The standard InChI is InChI=1S/C15H20N4O/c1-2-12-6-9-19(10-11-20-12)15-13(4-3-7-16-15)14-5-8-17-18-14/h3-5,7-8,12H,2,6,9-11H2,1H3,(H,17,18). The van der Waals surface area contributed by atoms with Gasteiger partial charge in [0.1, 0.15) is 5.82 Å². The minimum Gasteiger partial charge on any atom is -0.376 e. The number of pyridine rings is 1. The van der Waals surface area contributed by atoms with Crippen LogP contribution in [-0.2, 0) is 4.74 Å². The predicted octanol–water partition coefficient (Wildman–Crippen LogP) is 2.48. The van der Waals surface area contributed by atoms with Gasteiger partial charge in [-0.05, 0) is 31.0 Å². The van der Waals surface area contributed by atoms with Crippen LogP contribution in [0.25, 0.3) is 11.3 Å². The molecule has 1 saturated heterocycles. The topological polar surface area (TPSA) is 54.0 Å². The van der Waals surface area contributed by atoms with E-state index in [-0.39, 0.29) is 0 Å². The maximum Gasteiger partial charge on any atom is 0.138 e. The van der Waals surface area contributed by atoms with Gasteiger partial charge in [-0.15, -0.1) is 0 Å². The number of nitrogens with zero attached hydrogens (tertiary/aromatic N) is 3. The molecule has 5 heteroatoms. The van der Waals surface area contributed by atoms with Crippen molar-refractivity contribution in [1.29, 1.82) is 0 Å². The van der Waals surface area contributed by atoms with Crippen LogP contribution in [0.5, 0.6) is 0 Å². The largest absolute Gasteiger partial charge is 0.376 e. The lowest BCUT2D eigenvalue weighted by molar-refractivity contribution is 0.0625. The molecule has 1 aliphatic rings. The van der Waals surface area contributed by atoms with E-state index in [0.29, 0.717) is 6.10 Å². The van der Waals surface area contributed by atoms with Gasteiger partial charge < -0.3 is 9.64 Å². The van der Waals surface area contributed by atoms with Crippen LogP contribution in [0.3, 0.4) is 0 Å². The molecule has 0 spiro atoms. The summed E-state index contributed by atoms with van der Waals surface area (Å²) in [6.07, 6.45) is 6.11. The van der Waals surface area contributed by atoms with Gasteiger partial charge in [0.25, 0.3) is 0 Å². The molecule has 1 aliphatic heterocycles. The van der Waals surface area contributed by atoms with Crippen LogP contribution in [0.15, 0.2) is 30.6 Å². The molecular formula is C15H20N4O. The predicted molar refractivity (Wildman–Crippen MR) is 78.7 cm³/mol. The number of H-pyrrole nitrogens is 1. The summed E-state index contributed by atoms with van der Waals surface area (Å²) in [5.74, 6) is 1.01. The molecule has 0 aromatic carbocycles. The number of nitrogens with one attached hydrogen (secondary N) is 1. The van der Waals surface area contributed by atoms with Gasteiger partial charge >= 0.3 is 0 Å². The first-order valence-electron chi connectivity index (χ1n) is 7.20. The highest BCUT2D eigenvalue weighted by molar-refractivity contribution is 5.72. The summed E-state index contributed by atoms with van der Waals surface area (Å²) in [7, 11) is 0. The van der Waals surface area contributed by atoms with Crippen LogP contribution in [-0.4, -0.2) is 41.0 Å². The van der Waals surface area contributed by atoms with Gasteiger partial charge in [0.15, 0.2) is 0 Å². The summed E-state index contributed by atoms with van der Waals surface area (Å²) in [5.41, 5.74) is 2.10. The molecule has 0 saturated carbocycles. The number of hydrogen-bond donors (Lipinski definition) is 1. The van der Waals surface area contributed by atoms with Crippen molar-refractivity contribution in [3.05, 3.63) is 30.6 Å². The first kappa shape index (κ1) is 13.1. The summed E-state index contributed by atoms with van der Waals surface area (Å²) in [6, 6.07) is 6.02. The van der Waals surface area contributed by atoms with E-state index in [2.05, 4.69) is 33.1 Å². The Bertz CT molecular complexity index is 541. The van der Waals surface area contributed by atoms with Gasteiger partial charge in [-0.25, -0.2) is 4.98 Å². The van der Waals surface area contributed by atoms with Crippen LogP contribution >= 0.6 is 0 Å². The molecule has 0 bridgehead atoms. The molecule has 0 radical (unpaired) electrons. The Labute approximate surface area is 119 Å². The summed E-state index contributed by atoms with van der Waals surface area (Å²) >= 11 is 0. The van der Waals surface area contributed by atoms with E-state index < -0.39 is 0 Å². The fourth-order valence-corrected chi connectivity index (χ4v) is 2.62. The van der Waals surface area contributed by atoms with Crippen molar-refractivity contribution >= 4 is 5.82 Å². The minimum absolute atomic E-state index is 0.374. The van der Waals surface area contributed by atoms with Crippen molar-refractivity contribution in [3.8, 4) is 11.3 Å². The molecule has 1 atom stereocenters. The maximum atomic E-state index is 5.84. The number of ether oxygens (including phenoxy) is 1. The minimum atomic E-state index is 0.374. The number of anilines is 1. The highest BCUT2D eigenvalue weighted by Gasteiger charge is 2.19. The van der Waals surface area contributed by atoms with E-state index in [1.807, 2.05) is 18.3 Å². The highest BCUT2D eigenvalue weighted by atomic mass is 16.5. The lowest BCUT2D eigenvalue weighted by atomic mass is 10.1. The van der Waals surface area contributed by atoms with Gasteiger partial charge in [0.05, 0.1) is 18.4 Å². The second-order valence-corrected chi connectivity index (χ2v) is 5.02. The molecule has 20 heavy (non-hydrogen) atoms. The van der Waals surface area contributed by atoms with E-state index >= 15 is 0 Å². The van der Waals surface area contributed by atoms with Crippen molar-refractivity contribution in [2.45, 2.75) is 25.9 Å². The zero-order chi connectivity index (χ0) is 13.8. The van der Waals surface area contributed by atoms with E-state index in [1.54, 1.807) is 6.20 Å². The highest BCUT2D eigenvalue weighted by Crippen LogP contribution is 2.28. The third kappa shape index (κ3) is 2.67. The molecule has 2 aromatic rings. The van der Waals surface area contributed by atoms with Crippen LogP contribution in [0, 0.1) is 0 Å². The summed E-state index contributed by atoms with van der Waals surface area (Å²) in [6.45, 7) is 4.81. The zero-order valence-electron chi connectivity index (χ0n) is 11.7. The third-order valence-electron chi connectivity index (χ3n) is 3.77. The Balaban J connectivity index is 1.87. The lowest BCUT2D eigenvalue weighted by Crippen LogP contribution is -2.27. The molecule has 106 valence electrons. The lowest BCUT2D eigenvalue weighted by Gasteiger charge is -2.23. The molecule has 5 nitrogen and oxygen atoms in total. The van der Waals surface area contributed by atoms with E-state index in [4.69, 9.17) is 4.74 Å².